The first kappa shape index (κ1) is 26.7. The molecule has 38 heavy (non-hydrogen) atoms. The van der Waals surface area contributed by atoms with Gasteiger partial charge >= 0.3 is 6.09 Å². The summed E-state index contributed by atoms with van der Waals surface area (Å²) < 4.78 is 11.0. The number of nitrogens with zero attached hydrogens (tertiary/aromatic N) is 2. The number of ether oxygens (including phenoxy) is 2. The second-order valence-electron chi connectivity index (χ2n) is 8.95. The molecular weight excluding hydrogens is 482 g/mol. The van der Waals surface area contributed by atoms with Gasteiger partial charge in [0, 0.05) is 18.9 Å². The van der Waals surface area contributed by atoms with Gasteiger partial charge in [0.2, 0.25) is 11.8 Å². The molecule has 0 aliphatic rings. The molecule has 1 atom stereocenters. The minimum Gasteiger partial charge on any atom is -0.480 e. The fraction of sp³-hybridized carbons (Fsp3) is 0.310. The second kappa shape index (κ2) is 13.2. The van der Waals surface area contributed by atoms with Gasteiger partial charge in [0.25, 0.3) is 0 Å². The molecule has 0 fully saturated rings. The molecule has 0 saturated carbocycles. The lowest BCUT2D eigenvalue weighted by Crippen LogP contribution is -2.30. The van der Waals surface area contributed by atoms with Crippen molar-refractivity contribution in [1.29, 1.82) is 0 Å². The largest absolute Gasteiger partial charge is 0.480 e. The van der Waals surface area contributed by atoms with Gasteiger partial charge in [-0.15, -0.1) is 0 Å². The number of hydrogen-bond donors (Lipinski definition) is 3. The SMILES string of the molecule is CNC(=O)CCCCCC(NC(=O)OCc1ccccc1)c1ncc(-c2cc3ccccc3nc2OC)[nH]1. The first-order chi connectivity index (χ1) is 18.6. The van der Waals surface area contributed by atoms with Gasteiger partial charge in [-0.05, 0) is 30.5 Å². The van der Waals surface area contributed by atoms with Crippen LogP contribution in [-0.2, 0) is 16.1 Å². The number of H-pyrrole nitrogens is 1. The van der Waals surface area contributed by atoms with Gasteiger partial charge in [0.15, 0.2) is 0 Å². The summed E-state index contributed by atoms with van der Waals surface area (Å²) in [6.45, 7) is 0.175. The number of hydrogen-bond acceptors (Lipinski definition) is 6. The van der Waals surface area contributed by atoms with Gasteiger partial charge in [-0.2, -0.15) is 0 Å². The number of fused-ring (bicyclic) bond motifs is 1. The summed E-state index contributed by atoms with van der Waals surface area (Å²) in [6.07, 6.45) is 4.74. The Hall–Kier alpha value is -4.40. The standard InChI is InChI=1S/C29H33N5O4/c1-30-26(35)16-8-4-7-15-24(34-29(36)38-19-20-11-5-3-6-12-20)27-31-18-25(32-27)22-17-21-13-9-10-14-23(21)33-28(22)37-2/h3,5-6,9-14,17-18,24H,4,7-8,15-16,19H2,1-2H3,(H,30,35)(H,31,32)(H,34,36). The number of alkyl carbamates (subject to hydrolysis) is 1. The third-order valence-corrected chi connectivity index (χ3v) is 6.28. The first-order valence-electron chi connectivity index (χ1n) is 12.7. The summed E-state index contributed by atoms with van der Waals surface area (Å²) in [5, 5.41) is 6.58. The Bertz CT molecular complexity index is 1360. The maximum atomic E-state index is 12.7. The molecule has 0 aliphatic heterocycles. The molecule has 4 rings (SSSR count). The molecular formula is C29H33N5O4. The predicted octanol–water partition coefficient (Wildman–Crippen LogP) is 5.30. The summed E-state index contributed by atoms with van der Waals surface area (Å²) in [5.74, 6) is 1.12. The molecule has 0 spiro atoms. The molecule has 2 amide bonds. The third kappa shape index (κ3) is 7.09. The number of pyridine rings is 1. The number of amides is 2. The van der Waals surface area contributed by atoms with E-state index in [0.717, 1.165) is 47.0 Å². The Morgan fingerprint density at radius 3 is 2.61 bits per heavy atom. The van der Waals surface area contributed by atoms with E-state index >= 15 is 0 Å². The summed E-state index contributed by atoms with van der Waals surface area (Å²) in [7, 11) is 3.22. The van der Waals surface area contributed by atoms with Crippen LogP contribution in [0.5, 0.6) is 5.88 Å². The molecule has 0 saturated heterocycles. The van der Waals surface area contributed by atoms with Crippen LogP contribution >= 0.6 is 0 Å². The number of nitrogens with one attached hydrogen (secondary N) is 3. The Labute approximate surface area is 222 Å². The molecule has 1 unspecified atom stereocenters. The van der Waals surface area contributed by atoms with Crippen molar-refractivity contribution in [1.82, 2.24) is 25.6 Å². The molecule has 2 heterocycles. The van der Waals surface area contributed by atoms with Gasteiger partial charge in [-0.3, -0.25) is 4.79 Å². The van der Waals surface area contributed by atoms with Crippen molar-refractivity contribution < 1.29 is 19.1 Å². The lowest BCUT2D eigenvalue weighted by atomic mass is 10.1. The van der Waals surface area contributed by atoms with Crippen molar-refractivity contribution in [2.75, 3.05) is 14.2 Å². The topological polar surface area (TPSA) is 118 Å². The van der Waals surface area contributed by atoms with Crippen molar-refractivity contribution in [3.63, 3.8) is 0 Å². The molecule has 0 aliphatic carbocycles. The number of aromatic nitrogens is 3. The lowest BCUT2D eigenvalue weighted by molar-refractivity contribution is -0.120. The highest BCUT2D eigenvalue weighted by Gasteiger charge is 2.20. The van der Waals surface area contributed by atoms with Crippen molar-refractivity contribution in [2.45, 2.75) is 44.8 Å². The number of aromatic amines is 1. The molecule has 0 bridgehead atoms. The zero-order chi connectivity index (χ0) is 26.7. The predicted molar refractivity (Wildman–Crippen MR) is 146 cm³/mol. The van der Waals surface area contributed by atoms with E-state index in [1.54, 1.807) is 20.4 Å². The highest BCUT2D eigenvalue weighted by molar-refractivity contribution is 5.85. The Morgan fingerprint density at radius 2 is 1.82 bits per heavy atom. The molecule has 2 aromatic carbocycles. The van der Waals surface area contributed by atoms with Crippen LogP contribution in [0.1, 0.15) is 49.5 Å². The Balaban J connectivity index is 1.49. The monoisotopic (exact) mass is 515 g/mol. The van der Waals surface area contributed by atoms with E-state index in [0.29, 0.717) is 24.5 Å². The number of benzene rings is 2. The molecule has 9 nitrogen and oxygen atoms in total. The van der Waals surface area contributed by atoms with E-state index < -0.39 is 12.1 Å². The fourth-order valence-corrected chi connectivity index (χ4v) is 4.22. The maximum absolute atomic E-state index is 12.7. The Morgan fingerprint density at radius 1 is 1.03 bits per heavy atom. The van der Waals surface area contributed by atoms with Crippen LogP contribution in [0.2, 0.25) is 0 Å². The number of methoxy groups -OCH3 is 1. The zero-order valence-electron chi connectivity index (χ0n) is 21.7. The van der Waals surface area contributed by atoms with Crippen LogP contribution in [0.25, 0.3) is 22.2 Å². The number of rotatable bonds is 12. The van der Waals surface area contributed by atoms with E-state index in [1.165, 1.54) is 0 Å². The van der Waals surface area contributed by atoms with Gasteiger partial charge in [0.1, 0.15) is 12.4 Å². The molecule has 0 radical (unpaired) electrons. The van der Waals surface area contributed by atoms with E-state index in [1.807, 2.05) is 60.7 Å². The number of imidazole rings is 1. The number of para-hydroxylation sites is 1. The number of carbonyl (C=O) groups excluding carboxylic acids is 2. The van der Waals surface area contributed by atoms with Gasteiger partial charge in [-0.25, -0.2) is 14.8 Å². The van der Waals surface area contributed by atoms with E-state index in [-0.39, 0.29) is 12.5 Å². The van der Waals surface area contributed by atoms with Crippen LogP contribution in [0, 0.1) is 0 Å². The highest BCUT2D eigenvalue weighted by Crippen LogP contribution is 2.31. The summed E-state index contributed by atoms with van der Waals surface area (Å²) >= 11 is 0. The van der Waals surface area contributed by atoms with Crippen molar-refractivity contribution >= 4 is 22.9 Å². The summed E-state index contributed by atoms with van der Waals surface area (Å²) in [6, 6.07) is 19.0. The smallest absolute Gasteiger partial charge is 0.408 e. The highest BCUT2D eigenvalue weighted by atomic mass is 16.5. The van der Waals surface area contributed by atoms with Gasteiger partial charge in [-0.1, -0.05) is 61.4 Å². The summed E-state index contributed by atoms with van der Waals surface area (Å²) in [4.78, 5) is 36.8. The van der Waals surface area contributed by atoms with Crippen molar-refractivity contribution in [2.24, 2.45) is 0 Å². The zero-order valence-corrected chi connectivity index (χ0v) is 21.7. The molecule has 4 aromatic rings. The lowest BCUT2D eigenvalue weighted by Gasteiger charge is -2.17. The quantitative estimate of drug-likeness (QED) is 0.221. The molecule has 3 N–H and O–H groups in total. The van der Waals surface area contributed by atoms with Crippen molar-refractivity contribution in [3.8, 4) is 17.1 Å². The molecule has 2 aromatic heterocycles. The first-order valence-corrected chi connectivity index (χ1v) is 12.7. The van der Waals surface area contributed by atoms with Crippen molar-refractivity contribution in [3.05, 3.63) is 78.2 Å². The van der Waals surface area contributed by atoms with Gasteiger partial charge < -0.3 is 25.1 Å². The van der Waals surface area contributed by atoms with Crippen LogP contribution in [0.15, 0.2) is 66.9 Å². The number of unbranched alkanes of at least 4 members (excludes halogenated alkanes) is 2. The van der Waals surface area contributed by atoms with Crippen LogP contribution in [-0.4, -0.2) is 41.1 Å². The molecule has 9 heteroatoms. The van der Waals surface area contributed by atoms with Gasteiger partial charge in [0.05, 0.1) is 36.1 Å². The van der Waals surface area contributed by atoms with Crippen LogP contribution < -0.4 is 15.4 Å². The van der Waals surface area contributed by atoms with E-state index in [4.69, 9.17) is 9.47 Å². The fourth-order valence-electron chi connectivity index (χ4n) is 4.22. The van der Waals surface area contributed by atoms with E-state index in [9.17, 15) is 9.59 Å². The maximum Gasteiger partial charge on any atom is 0.408 e. The third-order valence-electron chi connectivity index (χ3n) is 6.28. The van der Waals surface area contributed by atoms with Crippen LogP contribution in [0.3, 0.4) is 0 Å². The second-order valence-corrected chi connectivity index (χ2v) is 8.95. The average Bonchev–Trinajstić information content (AvgIpc) is 3.45. The normalized spacial score (nSPS) is 11.6. The average molecular weight is 516 g/mol. The summed E-state index contributed by atoms with van der Waals surface area (Å²) in [5.41, 5.74) is 3.26. The Kier molecular flexibility index (Phi) is 9.28. The minimum absolute atomic E-state index is 0.0257. The van der Waals surface area contributed by atoms with E-state index in [2.05, 4.69) is 25.6 Å². The minimum atomic E-state index is -0.521. The van der Waals surface area contributed by atoms with Crippen LogP contribution in [0.4, 0.5) is 4.79 Å². The molecule has 198 valence electrons. The number of carbonyl (C=O) groups is 2.